The van der Waals surface area contributed by atoms with Crippen LogP contribution < -0.4 is 0 Å². The highest BCUT2D eigenvalue weighted by Crippen LogP contribution is 2.62. The molecule has 1 aromatic heterocycles. The molecule has 0 bridgehead atoms. The van der Waals surface area contributed by atoms with Gasteiger partial charge in [-0.3, -0.25) is 0 Å². The van der Waals surface area contributed by atoms with Crippen LogP contribution in [0.15, 0.2) is 218 Å². The van der Waals surface area contributed by atoms with Gasteiger partial charge in [-0.15, -0.1) is 0 Å². The molecule has 1 unspecified atom stereocenters. The Bertz CT molecular complexity index is 3370. The lowest BCUT2D eigenvalue weighted by Crippen LogP contribution is -2.29. The molecule has 0 saturated heterocycles. The van der Waals surface area contributed by atoms with Crippen LogP contribution in [0.1, 0.15) is 48.6 Å². The quantitative estimate of drug-likeness (QED) is 0.173. The second kappa shape index (κ2) is 15.1. The zero-order chi connectivity index (χ0) is 43.7. The number of hydrogen-bond acceptors (Lipinski definition) is 3. The number of aromatic nitrogens is 3. The van der Waals surface area contributed by atoms with Gasteiger partial charge < -0.3 is 0 Å². The van der Waals surface area contributed by atoms with Gasteiger partial charge >= 0.3 is 0 Å². The first-order valence-electron chi connectivity index (χ1n) is 22.5. The molecule has 65 heavy (non-hydrogen) atoms. The van der Waals surface area contributed by atoms with E-state index in [1.807, 2.05) is 12.1 Å². The fourth-order valence-corrected chi connectivity index (χ4v) is 10.6. The molecule has 1 spiro atoms. The molecule has 308 valence electrons. The largest absolute Gasteiger partial charge is 0.208 e. The van der Waals surface area contributed by atoms with Crippen molar-refractivity contribution >= 4 is 0 Å². The highest BCUT2D eigenvalue weighted by molar-refractivity contribution is 5.98. The van der Waals surface area contributed by atoms with Gasteiger partial charge in [0, 0.05) is 16.7 Å². The number of rotatable bonds is 5. The molecule has 0 N–H and O–H groups in total. The average molecular weight is 832 g/mol. The molecule has 1 atom stereocenters. The summed E-state index contributed by atoms with van der Waals surface area (Å²) in [5.41, 5.74) is 20.6. The van der Waals surface area contributed by atoms with Crippen molar-refractivity contribution in [3.63, 3.8) is 0 Å². The van der Waals surface area contributed by atoms with Gasteiger partial charge in [0.2, 0.25) is 0 Å². The summed E-state index contributed by atoms with van der Waals surface area (Å²) in [6.07, 6.45) is 0. The van der Waals surface area contributed by atoms with Crippen LogP contribution in [0.3, 0.4) is 0 Å². The predicted octanol–water partition coefficient (Wildman–Crippen LogP) is 15.5. The van der Waals surface area contributed by atoms with Crippen molar-refractivity contribution in [3.8, 4) is 89.8 Å². The molecule has 2 aliphatic rings. The van der Waals surface area contributed by atoms with E-state index in [1.165, 1.54) is 61.2 Å². The van der Waals surface area contributed by atoms with Gasteiger partial charge in [-0.25, -0.2) is 15.0 Å². The predicted molar refractivity (Wildman–Crippen MR) is 267 cm³/mol. The van der Waals surface area contributed by atoms with Crippen LogP contribution in [-0.2, 0) is 10.8 Å². The van der Waals surface area contributed by atoms with Crippen LogP contribution in [0.25, 0.3) is 89.8 Å². The highest BCUT2D eigenvalue weighted by Gasteiger charge is 2.50. The number of nitrogens with zero attached hydrogens (tertiary/aromatic N) is 3. The SMILES string of the molecule is CC(C)(C)c1cccc2c1-c1ccccc1C21c2ccccc2-c2ccccc2-c2cc(-c3nc(-c4cccc(-c5ccccc5)c4)nc(-c4cccc(-c5ccccc5)c4)n3)ccc21. The fourth-order valence-electron chi connectivity index (χ4n) is 10.6. The fraction of sp³-hybridized carbons (Fsp3) is 0.0806. The second-order valence-electron chi connectivity index (χ2n) is 18.3. The van der Waals surface area contributed by atoms with Gasteiger partial charge in [0.25, 0.3) is 0 Å². The van der Waals surface area contributed by atoms with Crippen LogP contribution in [0, 0.1) is 0 Å². The van der Waals surface area contributed by atoms with Crippen molar-refractivity contribution in [1.82, 2.24) is 15.0 Å². The zero-order valence-corrected chi connectivity index (χ0v) is 36.6. The van der Waals surface area contributed by atoms with Crippen LogP contribution in [-0.4, -0.2) is 15.0 Å². The Kier molecular flexibility index (Phi) is 8.96. The minimum absolute atomic E-state index is 0.0702. The lowest BCUT2D eigenvalue weighted by molar-refractivity contribution is 0.591. The summed E-state index contributed by atoms with van der Waals surface area (Å²) in [5, 5.41) is 0. The van der Waals surface area contributed by atoms with E-state index in [4.69, 9.17) is 15.0 Å². The molecule has 0 radical (unpaired) electrons. The third-order valence-electron chi connectivity index (χ3n) is 13.5. The lowest BCUT2D eigenvalue weighted by Gasteiger charge is -2.36. The Labute approximate surface area is 380 Å². The molecular weight excluding hydrogens is 787 g/mol. The molecule has 12 rings (SSSR count). The monoisotopic (exact) mass is 831 g/mol. The number of benzene rings is 9. The van der Waals surface area contributed by atoms with Crippen molar-refractivity contribution in [2.75, 3.05) is 0 Å². The molecule has 0 amide bonds. The van der Waals surface area contributed by atoms with Gasteiger partial charge in [0.1, 0.15) is 0 Å². The molecule has 3 nitrogen and oxygen atoms in total. The minimum Gasteiger partial charge on any atom is -0.208 e. The normalized spacial score (nSPS) is 14.4. The summed E-state index contributed by atoms with van der Waals surface area (Å²) in [6.45, 7) is 7.00. The molecule has 3 heteroatoms. The maximum absolute atomic E-state index is 5.36. The first kappa shape index (κ1) is 38.6. The maximum Gasteiger partial charge on any atom is 0.164 e. The van der Waals surface area contributed by atoms with Crippen molar-refractivity contribution < 1.29 is 0 Å². The number of fused-ring (bicyclic) bond motifs is 12. The Morgan fingerprint density at radius 1 is 0.292 bits per heavy atom. The standard InChI is InChI=1S/C62H45N3/c1-61(2,3)55-33-18-34-56-57(55)50-30-13-15-32-53(50)62(56)52-31-14-12-29-49(52)47-27-10-11-28-48(47)51-39-46(35-36-54(51)62)60-64-58(44-25-16-23-42(37-44)40-19-6-4-7-20-40)63-59(65-60)45-26-17-24-43(38-45)41-21-8-5-9-22-41/h4-39H,1-3H3. The summed E-state index contributed by atoms with van der Waals surface area (Å²) >= 11 is 0. The first-order valence-corrected chi connectivity index (χ1v) is 22.5. The Hall–Kier alpha value is -8.01. The van der Waals surface area contributed by atoms with E-state index in [0.29, 0.717) is 17.5 Å². The maximum atomic E-state index is 5.36. The molecule has 10 aromatic rings. The van der Waals surface area contributed by atoms with E-state index in [-0.39, 0.29) is 5.41 Å². The molecule has 2 aliphatic carbocycles. The smallest absolute Gasteiger partial charge is 0.164 e. The van der Waals surface area contributed by atoms with Crippen molar-refractivity contribution in [1.29, 1.82) is 0 Å². The molecule has 0 fully saturated rings. The molecule has 9 aromatic carbocycles. The summed E-state index contributed by atoms with van der Waals surface area (Å²) in [5.74, 6) is 1.87. The lowest BCUT2D eigenvalue weighted by atomic mass is 9.65. The van der Waals surface area contributed by atoms with Gasteiger partial charge in [0.15, 0.2) is 17.5 Å². The van der Waals surface area contributed by atoms with Crippen LogP contribution >= 0.6 is 0 Å². The molecule has 1 heterocycles. The van der Waals surface area contributed by atoms with Crippen molar-refractivity contribution in [3.05, 3.63) is 246 Å². The molecule has 0 saturated carbocycles. The second-order valence-corrected chi connectivity index (χ2v) is 18.3. The van der Waals surface area contributed by atoms with Crippen molar-refractivity contribution in [2.24, 2.45) is 0 Å². The van der Waals surface area contributed by atoms with E-state index < -0.39 is 5.41 Å². The van der Waals surface area contributed by atoms with Gasteiger partial charge in [-0.1, -0.05) is 221 Å². The Balaban J connectivity index is 1.12. The summed E-state index contributed by atoms with van der Waals surface area (Å²) < 4.78 is 0. The van der Waals surface area contributed by atoms with E-state index in [0.717, 1.165) is 38.9 Å². The van der Waals surface area contributed by atoms with E-state index >= 15 is 0 Å². The Morgan fingerprint density at radius 2 is 0.692 bits per heavy atom. The van der Waals surface area contributed by atoms with Crippen LogP contribution in [0.2, 0.25) is 0 Å². The topological polar surface area (TPSA) is 38.7 Å². The molecule has 0 aliphatic heterocycles. The number of hydrogen-bond donors (Lipinski definition) is 0. The summed E-state index contributed by atoms with van der Waals surface area (Å²) in [4.78, 5) is 16.0. The molecular formula is C62H45N3. The zero-order valence-electron chi connectivity index (χ0n) is 36.6. The van der Waals surface area contributed by atoms with E-state index in [9.17, 15) is 0 Å². The van der Waals surface area contributed by atoms with Gasteiger partial charge in [0.05, 0.1) is 5.41 Å². The van der Waals surface area contributed by atoms with Crippen LogP contribution in [0.5, 0.6) is 0 Å². The third-order valence-corrected chi connectivity index (χ3v) is 13.5. The van der Waals surface area contributed by atoms with Gasteiger partial charge in [-0.2, -0.15) is 0 Å². The Morgan fingerprint density at radius 3 is 1.26 bits per heavy atom. The average Bonchev–Trinajstić information content (AvgIpc) is 3.61. The van der Waals surface area contributed by atoms with E-state index in [2.05, 4.69) is 227 Å². The summed E-state index contributed by atoms with van der Waals surface area (Å²) in [6, 6.07) is 79.1. The minimum atomic E-state index is -0.595. The first-order chi connectivity index (χ1) is 31.9. The third kappa shape index (κ3) is 6.22. The van der Waals surface area contributed by atoms with Crippen LogP contribution in [0.4, 0.5) is 0 Å². The highest BCUT2D eigenvalue weighted by atomic mass is 15.0. The van der Waals surface area contributed by atoms with E-state index in [1.54, 1.807) is 0 Å². The van der Waals surface area contributed by atoms with Crippen molar-refractivity contribution in [2.45, 2.75) is 31.6 Å². The summed E-state index contributed by atoms with van der Waals surface area (Å²) in [7, 11) is 0. The van der Waals surface area contributed by atoms with Gasteiger partial charge in [-0.05, 0) is 107 Å².